The molecule has 0 saturated heterocycles. The molecule has 1 aromatic rings. The van der Waals surface area contributed by atoms with Crippen molar-refractivity contribution in [2.75, 3.05) is 0 Å². The molecule has 0 amide bonds. The second-order valence-electron chi connectivity index (χ2n) is 2.46. The number of aromatic nitrogens is 1. The van der Waals surface area contributed by atoms with Gasteiger partial charge in [0.25, 0.3) is 0 Å². The number of aliphatic hydroxyl groups is 1. The molecule has 1 heterocycles. The lowest BCUT2D eigenvalue weighted by molar-refractivity contribution is -0.208. The summed E-state index contributed by atoms with van der Waals surface area (Å²) in [5, 5.41) is 9.06. The van der Waals surface area contributed by atoms with Crippen molar-refractivity contribution in [1.82, 2.24) is 4.98 Å². The Morgan fingerprint density at radius 2 is 2.07 bits per heavy atom. The van der Waals surface area contributed by atoms with Gasteiger partial charge in [-0.25, -0.2) is 0 Å². The first-order chi connectivity index (χ1) is 6.32. The van der Waals surface area contributed by atoms with E-state index < -0.39 is 18.0 Å². The van der Waals surface area contributed by atoms with Crippen molar-refractivity contribution >= 4 is 27.5 Å². The van der Waals surface area contributed by atoms with Crippen molar-refractivity contribution in [2.45, 2.75) is 12.3 Å². The Hall–Kier alpha value is -0.330. The fourth-order valence-electron chi connectivity index (χ4n) is 0.781. The minimum absolute atomic E-state index is 0.0230. The minimum atomic E-state index is -4.73. The SMILES string of the molecule is OC(c1ncc(Cl)cc1Br)C(F)(F)F. The van der Waals surface area contributed by atoms with E-state index in [9.17, 15) is 13.2 Å². The second-order valence-corrected chi connectivity index (χ2v) is 3.76. The Morgan fingerprint density at radius 3 is 2.50 bits per heavy atom. The molecule has 14 heavy (non-hydrogen) atoms. The lowest BCUT2D eigenvalue weighted by atomic mass is 10.2. The first-order valence-electron chi connectivity index (χ1n) is 3.38. The fourth-order valence-corrected chi connectivity index (χ4v) is 1.64. The van der Waals surface area contributed by atoms with E-state index in [0.717, 1.165) is 6.20 Å². The third kappa shape index (κ3) is 2.59. The van der Waals surface area contributed by atoms with Crippen LogP contribution < -0.4 is 0 Å². The molecular formula is C7H4BrClF3NO. The van der Waals surface area contributed by atoms with Gasteiger partial charge < -0.3 is 5.11 Å². The van der Waals surface area contributed by atoms with Crippen LogP contribution in [0.1, 0.15) is 11.8 Å². The number of hydrogen-bond donors (Lipinski definition) is 1. The van der Waals surface area contributed by atoms with Gasteiger partial charge in [0, 0.05) is 10.7 Å². The Bertz CT molecular complexity index is 344. The Morgan fingerprint density at radius 1 is 1.50 bits per heavy atom. The van der Waals surface area contributed by atoms with Crippen molar-refractivity contribution in [3.8, 4) is 0 Å². The molecule has 0 saturated carbocycles. The molecule has 0 fully saturated rings. The third-order valence-corrected chi connectivity index (χ3v) is 2.25. The summed E-state index contributed by atoms with van der Waals surface area (Å²) in [6.07, 6.45) is -6.30. The fraction of sp³-hybridized carbons (Fsp3) is 0.286. The van der Waals surface area contributed by atoms with Crippen molar-refractivity contribution in [3.63, 3.8) is 0 Å². The molecule has 0 radical (unpaired) electrons. The third-order valence-electron chi connectivity index (χ3n) is 1.41. The number of rotatable bonds is 1. The number of pyridine rings is 1. The average Bonchev–Trinajstić information content (AvgIpc) is 2.01. The van der Waals surface area contributed by atoms with Gasteiger partial charge in [0.1, 0.15) is 0 Å². The number of nitrogens with zero attached hydrogens (tertiary/aromatic N) is 1. The van der Waals surface area contributed by atoms with Crippen LogP contribution in [0.2, 0.25) is 5.02 Å². The van der Waals surface area contributed by atoms with E-state index in [2.05, 4.69) is 20.9 Å². The molecule has 0 aliphatic heterocycles. The van der Waals surface area contributed by atoms with Crippen LogP contribution in [0.3, 0.4) is 0 Å². The summed E-state index contributed by atoms with van der Waals surface area (Å²) in [4.78, 5) is 3.40. The summed E-state index contributed by atoms with van der Waals surface area (Å²) in [5.41, 5.74) is -0.498. The Balaban J connectivity index is 3.08. The predicted molar refractivity (Wildman–Crippen MR) is 48.0 cm³/mol. The smallest absolute Gasteiger partial charge is 0.378 e. The van der Waals surface area contributed by atoms with E-state index in [1.165, 1.54) is 6.07 Å². The van der Waals surface area contributed by atoms with E-state index in [1.807, 2.05) is 0 Å². The molecule has 1 N–H and O–H groups in total. The average molecular weight is 290 g/mol. The van der Waals surface area contributed by atoms with Crippen LogP contribution in [-0.2, 0) is 0 Å². The van der Waals surface area contributed by atoms with Gasteiger partial charge in [-0.15, -0.1) is 0 Å². The molecule has 78 valence electrons. The molecule has 1 atom stereocenters. The molecule has 0 aromatic carbocycles. The first kappa shape index (κ1) is 11.7. The molecule has 2 nitrogen and oxygen atoms in total. The summed E-state index contributed by atoms with van der Waals surface area (Å²) < 4.78 is 36.2. The Labute approximate surface area is 90.8 Å². The maximum Gasteiger partial charge on any atom is 0.420 e. The maximum absolute atomic E-state index is 12.1. The van der Waals surface area contributed by atoms with Gasteiger partial charge in [0.2, 0.25) is 0 Å². The highest BCUT2D eigenvalue weighted by atomic mass is 79.9. The van der Waals surface area contributed by atoms with Crippen molar-refractivity contribution in [2.24, 2.45) is 0 Å². The topological polar surface area (TPSA) is 33.1 Å². The molecular weight excluding hydrogens is 286 g/mol. The minimum Gasteiger partial charge on any atom is -0.378 e. The highest BCUT2D eigenvalue weighted by Gasteiger charge is 2.41. The van der Waals surface area contributed by atoms with Crippen LogP contribution in [0.4, 0.5) is 13.2 Å². The maximum atomic E-state index is 12.1. The first-order valence-corrected chi connectivity index (χ1v) is 4.55. The van der Waals surface area contributed by atoms with E-state index >= 15 is 0 Å². The lowest BCUT2D eigenvalue weighted by Gasteiger charge is -2.14. The van der Waals surface area contributed by atoms with Gasteiger partial charge in [-0.05, 0) is 22.0 Å². The van der Waals surface area contributed by atoms with Crippen molar-refractivity contribution in [3.05, 3.63) is 27.5 Å². The van der Waals surface area contributed by atoms with Gasteiger partial charge >= 0.3 is 6.18 Å². The zero-order chi connectivity index (χ0) is 10.9. The number of aliphatic hydroxyl groups excluding tert-OH is 1. The molecule has 7 heteroatoms. The zero-order valence-corrected chi connectivity index (χ0v) is 8.86. The second kappa shape index (κ2) is 4.04. The van der Waals surface area contributed by atoms with Gasteiger partial charge in [-0.2, -0.15) is 13.2 Å². The number of alkyl halides is 3. The predicted octanol–water partition coefficient (Wildman–Crippen LogP) is 3.09. The summed E-state index contributed by atoms with van der Waals surface area (Å²) in [6.45, 7) is 0. The quantitative estimate of drug-likeness (QED) is 0.862. The molecule has 0 aliphatic rings. The van der Waals surface area contributed by atoms with Crippen LogP contribution in [0.5, 0.6) is 0 Å². The van der Waals surface area contributed by atoms with E-state index in [1.54, 1.807) is 0 Å². The highest BCUT2D eigenvalue weighted by Crippen LogP contribution is 2.35. The van der Waals surface area contributed by atoms with Crippen LogP contribution in [0, 0.1) is 0 Å². The molecule has 1 rings (SSSR count). The Kier molecular flexibility index (Phi) is 3.39. The van der Waals surface area contributed by atoms with E-state index in [0.29, 0.717) is 0 Å². The van der Waals surface area contributed by atoms with E-state index in [-0.39, 0.29) is 9.50 Å². The van der Waals surface area contributed by atoms with Crippen molar-refractivity contribution in [1.29, 1.82) is 0 Å². The van der Waals surface area contributed by atoms with Crippen LogP contribution in [0.15, 0.2) is 16.7 Å². The monoisotopic (exact) mass is 289 g/mol. The normalized spacial score (nSPS) is 14.1. The van der Waals surface area contributed by atoms with Gasteiger partial charge in [-0.3, -0.25) is 4.98 Å². The summed E-state index contributed by atoms with van der Waals surface area (Å²) in [6, 6.07) is 1.23. The zero-order valence-electron chi connectivity index (χ0n) is 6.52. The number of halogens is 5. The summed E-state index contributed by atoms with van der Waals surface area (Å²) in [7, 11) is 0. The molecule has 0 bridgehead atoms. The highest BCUT2D eigenvalue weighted by molar-refractivity contribution is 9.10. The van der Waals surface area contributed by atoms with E-state index in [4.69, 9.17) is 16.7 Å². The van der Waals surface area contributed by atoms with Gasteiger partial charge in [0.15, 0.2) is 6.10 Å². The van der Waals surface area contributed by atoms with Crippen molar-refractivity contribution < 1.29 is 18.3 Å². The van der Waals surface area contributed by atoms with Gasteiger partial charge in [0.05, 0.1) is 10.7 Å². The molecule has 0 spiro atoms. The van der Waals surface area contributed by atoms with Crippen LogP contribution in [-0.4, -0.2) is 16.3 Å². The molecule has 1 aromatic heterocycles. The molecule has 0 aliphatic carbocycles. The lowest BCUT2D eigenvalue weighted by Crippen LogP contribution is -2.21. The summed E-state index contributed by atoms with van der Waals surface area (Å²) in [5.74, 6) is 0. The van der Waals surface area contributed by atoms with Crippen LogP contribution >= 0.6 is 27.5 Å². The molecule has 1 unspecified atom stereocenters. The summed E-state index contributed by atoms with van der Waals surface area (Å²) >= 11 is 8.31. The van der Waals surface area contributed by atoms with Gasteiger partial charge in [-0.1, -0.05) is 11.6 Å². The largest absolute Gasteiger partial charge is 0.420 e. The van der Waals surface area contributed by atoms with Crippen LogP contribution in [0.25, 0.3) is 0 Å². The number of hydrogen-bond acceptors (Lipinski definition) is 2. The standard InChI is InChI=1S/C7H4BrClF3NO/c8-4-1-3(9)2-13-5(4)6(14)7(10,11)12/h1-2,6,14H.